The van der Waals surface area contributed by atoms with E-state index >= 15 is 0 Å². The van der Waals surface area contributed by atoms with Crippen LogP contribution in [0.1, 0.15) is 11.3 Å². The summed E-state index contributed by atoms with van der Waals surface area (Å²) < 4.78 is 0. The average molecular weight is 181 g/mol. The van der Waals surface area contributed by atoms with Crippen molar-refractivity contribution in [2.24, 2.45) is 0 Å². The average Bonchev–Trinajstić information content (AvgIpc) is 2.57. The molecule has 0 saturated heterocycles. The molecular weight excluding hydrogens is 166 g/mol. The molecule has 1 heterocycles. The molecule has 0 aliphatic rings. The molecule has 0 spiro atoms. The fourth-order valence-electron chi connectivity index (χ4n) is 0.999. The molecule has 0 aromatic carbocycles. The first-order valence-electron chi connectivity index (χ1n) is 4.25. The quantitative estimate of drug-likeness (QED) is 0.688. The Labute approximate surface area is 78.1 Å². The van der Waals surface area contributed by atoms with Crippen molar-refractivity contribution in [1.29, 1.82) is 0 Å². The first kappa shape index (κ1) is 9.49. The van der Waals surface area contributed by atoms with Gasteiger partial charge < -0.3 is 5.32 Å². The van der Waals surface area contributed by atoms with Crippen LogP contribution < -0.4 is 5.32 Å². The van der Waals surface area contributed by atoms with E-state index in [9.17, 15) is 0 Å². The number of aryl methyl sites for hydroxylation is 1. The van der Waals surface area contributed by atoms with Crippen molar-refractivity contribution >= 4 is 11.3 Å². The minimum absolute atomic E-state index is 0.977. The molecule has 1 aromatic rings. The molecule has 2 heteroatoms. The zero-order valence-corrected chi connectivity index (χ0v) is 8.23. The van der Waals surface area contributed by atoms with Gasteiger partial charge in [0.1, 0.15) is 0 Å². The van der Waals surface area contributed by atoms with Crippen LogP contribution in [0.4, 0.5) is 0 Å². The number of likely N-dealkylation sites (N-methyl/N-ethyl adjacent to an activating group) is 1. The van der Waals surface area contributed by atoms with Crippen molar-refractivity contribution < 1.29 is 0 Å². The maximum atomic E-state index is 3.08. The van der Waals surface area contributed by atoms with Crippen LogP contribution in [0.2, 0.25) is 0 Å². The smallest absolute Gasteiger partial charge is 0.0131 e. The summed E-state index contributed by atoms with van der Waals surface area (Å²) in [6, 6.07) is 4.30. The molecule has 0 aliphatic carbocycles. The molecule has 0 bridgehead atoms. The van der Waals surface area contributed by atoms with Crippen LogP contribution >= 0.6 is 11.3 Å². The molecule has 0 radical (unpaired) electrons. The number of allylic oxidation sites excluding steroid dienone is 1. The minimum atomic E-state index is 0.977. The second-order valence-electron chi connectivity index (χ2n) is 2.65. The maximum Gasteiger partial charge on any atom is 0.0131 e. The summed E-state index contributed by atoms with van der Waals surface area (Å²) >= 11 is 1.84. The Kier molecular flexibility index (Phi) is 4.73. The molecule has 0 fully saturated rings. The Morgan fingerprint density at radius 2 is 2.42 bits per heavy atom. The van der Waals surface area contributed by atoms with Gasteiger partial charge >= 0.3 is 0 Å². The fourth-order valence-corrected chi connectivity index (χ4v) is 1.72. The van der Waals surface area contributed by atoms with Crippen LogP contribution in [0.15, 0.2) is 29.7 Å². The highest BCUT2D eigenvalue weighted by Gasteiger charge is 1.89. The van der Waals surface area contributed by atoms with E-state index in [-0.39, 0.29) is 0 Å². The molecule has 1 rings (SSSR count). The van der Waals surface area contributed by atoms with E-state index in [2.05, 4.69) is 35.0 Å². The Morgan fingerprint density at radius 1 is 1.50 bits per heavy atom. The lowest BCUT2D eigenvalue weighted by molar-refractivity contribution is 0.910. The molecule has 0 unspecified atom stereocenters. The summed E-state index contributed by atoms with van der Waals surface area (Å²) in [5, 5.41) is 5.21. The summed E-state index contributed by atoms with van der Waals surface area (Å²) in [7, 11) is 1.96. The monoisotopic (exact) mass is 181 g/mol. The van der Waals surface area contributed by atoms with Gasteiger partial charge in [-0.15, -0.1) is 11.3 Å². The summed E-state index contributed by atoms with van der Waals surface area (Å²) in [5.41, 5.74) is 0. The minimum Gasteiger partial charge on any atom is -0.316 e. The van der Waals surface area contributed by atoms with E-state index < -0.39 is 0 Å². The summed E-state index contributed by atoms with van der Waals surface area (Å²) in [6.07, 6.45) is 6.74. The number of hydrogen-bond acceptors (Lipinski definition) is 2. The zero-order valence-electron chi connectivity index (χ0n) is 7.42. The van der Waals surface area contributed by atoms with E-state index in [0.717, 1.165) is 13.0 Å². The molecule has 12 heavy (non-hydrogen) atoms. The molecule has 66 valence electrons. The Hall–Kier alpha value is -0.600. The van der Waals surface area contributed by atoms with Crippen molar-refractivity contribution in [3.05, 3.63) is 34.5 Å². The van der Waals surface area contributed by atoms with Gasteiger partial charge in [0.15, 0.2) is 0 Å². The van der Waals surface area contributed by atoms with Crippen LogP contribution in [-0.2, 0) is 6.42 Å². The van der Waals surface area contributed by atoms with Gasteiger partial charge in [-0.3, -0.25) is 0 Å². The predicted molar refractivity (Wildman–Crippen MR) is 55.7 cm³/mol. The topological polar surface area (TPSA) is 12.0 Å². The highest BCUT2D eigenvalue weighted by molar-refractivity contribution is 7.09. The first-order chi connectivity index (χ1) is 5.93. The van der Waals surface area contributed by atoms with E-state index in [1.54, 1.807) is 0 Å². The lowest BCUT2D eigenvalue weighted by atomic mass is 10.2. The summed E-state index contributed by atoms with van der Waals surface area (Å²) in [4.78, 5) is 1.48. The molecule has 1 N–H and O–H groups in total. The van der Waals surface area contributed by atoms with Crippen molar-refractivity contribution in [3.8, 4) is 0 Å². The van der Waals surface area contributed by atoms with E-state index in [0.29, 0.717) is 0 Å². The van der Waals surface area contributed by atoms with E-state index in [1.165, 1.54) is 11.3 Å². The van der Waals surface area contributed by atoms with Gasteiger partial charge in [0, 0.05) is 11.4 Å². The molecule has 0 atom stereocenters. The van der Waals surface area contributed by atoms with Crippen molar-refractivity contribution in [3.63, 3.8) is 0 Å². The third-order valence-corrected chi connectivity index (χ3v) is 2.56. The van der Waals surface area contributed by atoms with Crippen LogP contribution in [0, 0.1) is 0 Å². The first-order valence-corrected chi connectivity index (χ1v) is 5.13. The number of nitrogens with one attached hydrogen (secondary N) is 1. The van der Waals surface area contributed by atoms with Crippen LogP contribution in [0.3, 0.4) is 0 Å². The highest BCUT2D eigenvalue weighted by atomic mass is 32.1. The van der Waals surface area contributed by atoms with Gasteiger partial charge in [0.05, 0.1) is 0 Å². The van der Waals surface area contributed by atoms with Crippen LogP contribution in [-0.4, -0.2) is 13.6 Å². The van der Waals surface area contributed by atoms with Crippen molar-refractivity contribution in [2.75, 3.05) is 13.6 Å². The van der Waals surface area contributed by atoms with E-state index in [1.807, 2.05) is 18.4 Å². The maximum absolute atomic E-state index is 3.08. The van der Waals surface area contributed by atoms with Gasteiger partial charge in [0.25, 0.3) is 0 Å². The summed E-state index contributed by atoms with van der Waals surface area (Å²) in [6.45, 7) is 0.977. The standard InChI is InChI=1S/C10H15NS/c1-11-8-4-2-3-6-10-7-5-9-12-10/h2,4-5,7,9,11H,3,6,8H2,1H3/b4-2-. The molecule has 0 saturated carbocycles. The van der Waals surface area contributed by atoms with Crippen LogP contribution in [0.5, 0.6) is 0 Å². The van der Waals surface area contributed by atoms with Gasteiger partial charge in [0.2, 0.25) is 0 Å². The second kappa shape index (κ2) is 5.98. The number of hydrogen-bond donors (Lipinski definition) is 1. The van der Waals surface area contributed by atoms with Crippen molar-refractivity contribution in [1.82, 2.24) is 5.32 Å². The van der Waals surface area contributed by atoms with Gasteiger partial charge in [-0.25, -0.2) is 0 Å². The SMILES string of the molecule is CNC/C=C\CCc1cccs1. The molecular formula is C10H15NS. The molecule has 0 aliphatic heterocycles. The molecule has 1 nitrogen and oxygen atoms in total. The van der Waals surface area contributed by atoms with Gasteiger partial charge in [-0.1, -0.05) is 18.2 Å². The van der Waals surface area contributed by atoms with Gasteiger partial charge in [-0.05, 0) is 31.3 Å². The number of thiophene rings is 1. The highest BCUT2D eigenvalue weighted by Crippen LogP contribution is 2.10. The normalized spacial score (nSPS) is 11.1. The zero-order chi connectivity index (χ0) is 8.65. The fraction of sp³-hybridized carbons (Fsp3) is 0.400. The largest absolute Gasteiger partial charge is 0.316 e. The molecule has 0 amide bonds. The van der Waals surface area contributed by atoms with Crippen LogP contribution in [0.25, 0.3) is 0 Å². The predicted octanol–water partition coefficient (Wildman–Crippen LogP) is 2.46. The third-order valence-electron chi connectivity index (χ3n) is 1.63. The lowest BCUT2D eigenvalue weighted by Crippen LogP contribution is -2.03. The Bertz CT molecular complexity index is 214. The van der Waals surface area contributed by atoms with E-state index in [4.69, 9.17) is 0 Å². The molecule has 1 aromatic heterocycles. The Morgan fingerprint density at radius 3 is 3.08 bits per heavy atom. The van der Waals surface area contributed by atoms with Crippen molar-refractivity contribution in [2.45, 2.75) is 12.8 Å². The Balaban J connectivity index is 2.11. The number of rotatable bonds is 5. The van der Waals surface area contributed by atoms with Gasteiger partial charge in [-0.2, -0.15) is 0 Å². The lowest BCUT2D eigenvalue weighted by Gasteiger charge is -1.91. The summed E-state index contributed by atoms with van der Waals surface area (Å²) in [5.74, 6) is 0. The third kappa shape index (κ3) is 3.69. The second-order valence-corrected chi connectivity index (χ2v) is 3.68.